The second kappa shape index (κ2) is 16.2. The first-order valence-electron chi connectivity index (χ1n) is 11.5. The van der Waals surface area contributed by atoms with E-state index >= 15 is 0 Å². The Bertz CT molecular complexity index is 660. The summed E-state index contributed by atoms with van der Waals surface area (Å²) in [4.78, 5) is 0. The third kappa shape index (κ3) is 11.5. The molecule has 10 heteroatoms. The largest absolute Gasteiger partial charge is 0.176 e. The van der Waals surface area contributed by atoms with Gasteiger partial charge >= 0.3 is 0 Å². The maximum Gasteiger partial charge on any atom is 0.176 e. The van der Waals surface area contributed by atoms with Gasteiger partial charge in [-0.25, -0.2) is 0 Å². The molecule has 2 aromatic rings. The van der Waals surface area contributed by atoms with E-state index in [0.717, 1.165) is 30.2 Å². The summed E-state index contributed by atoms with van der Waals surface area (Å²) in [6.45, 7) is 4.54. The molecule has 0 bridgehead atoms. The Hall–Kier alpha value is 0.520. The molecule has 2 rings (SSSR count). The van der Waals surface area contributed by atoms with E-state index in [0.29, 0.717) is 0 Å². The van der Waals surface area contributed by atoms with Crippen LogP contribution in [0.15, 0.2) is 17.4 Å². The van der Waals surface area contributed by atoms with Crippen LogP contribution in [0.25, 0.3) is 0 Å². The number of hydrogen-bond donors (Lipinski definition) is 2. The molecule has 0 aliphatic heterocycles. The van der Waals surface area contributed by atoms with Crippen molar-refractivity contribution in [3.63, 3.8) is 0 Å². The van der Waals surface area contributed by atoms with Crippen molar-refractivity contribution >= 4 is 71.5 Å². The Labute approximate surface area is 215 Å². The summed E-state index contributed by atoms with van der Waals surface area (Å²) < 4.78 is 3.48. The Kier molecular flexibility index (Phi) is 14.5. The van der Waals surface area contributed by atoms with Crippen molar-refractivity contribution in [2.45, 2.75) is 125 Å². The van der Waals surface area contributed by atoms with Gasteiger partial charge in [0.15, 0.2) is 17.4 Å². The average molecular weight is 537 g/mol. The summed E-state index contributed by atoms with van der Waals surface area (Å²) in [6.07, 6.45) is 18.0. The molecule has 4 nitrogen and oxygen atoms in total. The van der Waals surface area contributed by atoms with E-state index < -0.39 is 0 Å². The van der Waals surface area contributed by atoms with Crippen molar-refractivity contribution in [2.24, 2.45) is 0 Å². The number of thiol groups is 2. The summed E-state index contributed by atoms with van der Waals surface area (Å²) in [5.74, 6) is 0. The predicted octanol–water partition coefficient (Wildman–Crippen LogP) is 9.05. The normalized spacial score (nSPS) is 12.0. The summed E-state index contributed by atoms with van der Waals surface area (Å²) in [5, 5.41) is 17.0. The lowest BCUT2D eigenvalue weighted by Gasteiger charge is -2.31. The van der Waals surface area contributed by atoms with Crippen LogP contribution >= 0.6 is 71.5 Å². The van der Waals surface area contributed by atoms with Crippen LogP contribution in [0.5, 0.6) is 0 Å². The van der Waals surface area contributed by atoms with Gasteiger partial charge in [-0.05, 0) is 12.8 Å². The van der Waals surface area contributed by atoms with Crippen molar-refractivity contribution in [1.29, 1.82) is 0 Å². The summed E-state index contributed by atoms with van der Waals surface area (Å²) in [6, 6.07) is 0. The monoisotopic (exact) mass is 536 g/mol. The fourth-order valence-electron chi connectivity index (χ4n) is 3.51. The second-order valence-corrected chi connectivity index (χ2v) is 14.8. The number of hydrogen-bond acceptors (Lipinski definition) is 10. The Balaban J connectivity index is 2.07. The molecule has 0 aliphatic carbocycles. The molecule has 0 atom stereocenters. The summed E-state index contributed by atoms with van der Waals surface area (Å²) >= 11 is 15.7. The SMILES string of the molecule is CCCCCCCCC(CCCCCCCC)(Sc1nnc(S)s1)Sc1nnc(S)s1. The zero-order chi connectivity index (χ0) is 22.4. The van der Waals surface area contributed by atoms with Crippen LogP contribution in [-0.2, 0) is 0 Å². The first kappa shape index (κ1) is 27.8. The minimum absolute atomic E-state index is 0.00894. The van der Waals surface area contributed by atoms with E-state index in [4.69, 9.17) is 0 Å². The van der Waals surface area contributed by atoms with Crippen LogP contribution in [0.4, 0.5) is 0 Å². The number of nitrogens with zero attached hydrogens (tertiary/aromatic N) is 4. The van der Waals surface area contributed by atoms with Crippen molar-refractivity contribution < 1.29 is 0 Å². The Morgan fingerprint density at radius 3 is 1.35 bits per heavy atom. The van der Waals surface area contributed by atoms with Gasteiger partial charge in [-0.1, -0.05) is 137 Å². The topological polar surface area (TPSA) is 51.6 Å². The van der Waals surface area contributed by atoms with Gasteiger partial charge in [0.2, 0.25) is 0 Å². The van der Waals surface area contributed by atoms with Crippen LogP contribution in [0.1, 0.15) is 104 Å². The highest BCUT2D eigenvalue weighted by atomic mass is 32.2. The van der Waals surface area contributed by atoms with E-state index in [1.165, 1.54) is 77.0 Å². The quantitative estimate of drug-likeness (QED) is 0.0857. The van der Waals surface area contributed by atoms with Crippen molar-refractivity contribution in [2.75, 3.05) is 0 Å². The minimum atomic E-state index is 0.00894. The molecule has 0 amide bonds. The number of rotatable bonds is 18. The molecule has 0 aliphatic rings. The van der Waals surface area contributed by atoms with Crippen LogP contribution in [0.2, 0.25) is 0 Å². The molecule has 0 N–H and O–H groups in total. The third-order valence-corrected chi connectivity index (χ3v) is 10.5. The molecule has 2 heterocycles. The fraction of sp³-hybridized carbons (Fsp3) is 0.810. The lowest BCUT2D eigenvalue weighted by Crippen LogP contribution is -2.20. The van der Waals surface area contributed by atoms with Crippen LogP contribution < -0.4 is 0 Å². The number of unbranched alkanes of at least 4 members (excludes halogenated alkanes) is 10. The highest BCUT2D eigenvalue weighted by Crippen LogP contribution is 2.53. The summed E-state index contributed by atoms with van der Waals surface area (Å²) in [7, 11) is 0. The highest BCUT2D eigenvalue weighted by Gasteiger charge is 2.35. The molecular weight excluding hydrogens is 501 g/mol. The highest BCUT2D eigenvalue weighted by molar-refractivity contribution is 8.19. The number of aromatic nitrogens is 4. The molecule has 0 saturated heterocycles. The zero-order valence-electron chi connectivity index (χ0n) is 18.7. The second-order valence-electron chi connectivity index (χ2n) is 7.85. The van der Waals surface area contributed by atoms with E-state index in [-0.39, 0.29) is 4.08 Å². The molecule has 176 valence electrons. The van der Waals surface area contributed by atoms with Gasteiger partial charge in [0, 0.05) is 0 Å². The van der Waals surface area contributed by atoms with Gasteiger partial charge in [-0.3, -0.25) is 0 Å². The molecule has 2 aromatic heterocycles. The van der Waals surface area contributed by atoms with Gasteiger partial charge in [0.1, 0.15) is 0 Å². The number of thioether (sulfide) groups is 2. The average Bonchev–Trinajstić information content (AvgIpc) is 3.34. The lowest BCUT2D eigenvalue weighted by atomic mass is 10.0. The van der Waals surface area contributed by atoms with Gasteiger partial charge in [0.25, 0.3) is 0 Å². The molecular formula is C21H36N4S6. The molecule has 0 radical (unpaired) electrons. The molecule has 0 aromatic carbocycles. The maximum absolute atomic E-state index is 4.39. The van der Waals surface area contributed by atoms with Crippen molar-refractivity contribution in [3.8, 4) is 0 Å². The van der Waals surface area contributed by atoms with Gasteiger partial charge in [-0.15, -0.1) is 45.7 Å². The Morgan fingerprint density at radius 2 is 1.00 bits per heavy atom. The Morgan fingerprint density at radius 1 is 0.613 bits per heavy atom. The first-order valence-corrected chi connectivity index (χ1v) is 15.7. The first-order chi connectivity index (χ1) is 15.1. The van der Waals surface area contributed by atoms with Crippen LogP contribution in [0.3, 0.4) is 0 Å². The van der Waals surface area contributed by atoms with Gasteiger partial charge in [-0.2, -0.15) is 0 Å². The lowest BCUT2D eigenvalue weighted by molar-refractivity contribution is 0.524. The molecule has 0 unspecified atom stereocenters. The van der Waals surface area contributed by atoms with Gasteiger partial charge < -0.3 is 0 Å². The molecule has 0 spiro atoms. The van der Waals surface area contributed by atoms with Crippen LogP contribution in [-0.4, -0.2) is 24.5 Å². The minimum Gasteiger partial charge on any atom is -0.131 e. The van der Waals surface area contributed by atoms with Gasteiger partial charge in [0.05, 0.1) is 4.08 Å². The standard InChI is InChI=1S/C21H36N4S6/c1-3-5-7-9-11-13-15-21(16-14-12-10-8-6-4-2,30-19-24-22-17(26)28-19)31-20-25-23-18(27)29-20/h3-16H2,1-2H3,(H,22,26)(H,23,27). The predicted molar refractivity (Wildman–Crippen MR) is 145 cm³/mol. The molecule has 0 fully saturated rings. The van der Waals surface area contributed by atoms with E-state index in [1.807, 2.05) is 23.5 Å². The van der Waals surface area contributed by atoms with E-state index in [1.54, 1.807) is 22.7 Å². The third-order valence-electron chi connectivity index (χ3n) is 5.16. The smallest absolute Gasteiger partial charge is 0.131 e. The molecule has 0 saturated carbocycles. The summed E-state index contributed by atoms with van der Waals surface area (Å²) in [5.41, 5.74) is 0. The maximum atomic E-state index is 4.39. The van der Waals surface area contributed by atoms with Crippen LogP contribution in [0, 0.1) is 0 Å². The van der Waals surface area contributed by atoms with E-state index in [2.05, 4.69) is 59.5 Å². The van der Waals surface area contributed by atoms with E-state index in [9.17, 15) is 0 Å². The van der Waals surface area contributed by atoms with Crippen molar-refractivity contribution in [3.05, 3.63) is 0 Å². The zero-order valence-corrected chi connectivity index (χ0v) is 23.8. The molecule has 31 heavy (non-hydrogen) atoms. The fourth-order valence-corrected chi connectivity index (χ4v) is 9.63. The van der Waals surface area contributed by atoms with Crippen molar-refractivity contribution in [1.82, 2.24) is 20.4 Å².